The zero-order valence-corrected chi connectivity index (χ0v) is 13.4. The summed E-state index contributed by atoms with van der Waals surface area (Å²) in [6.45, 7) is 2.45. The van der Waals surface area contributed by atoms with Crippen LogP contribution < -0.4 is 11.1 Å². The van der Waals surface area contributed by atoms with Crippen LogP contribution in [0, 0.1) is 12.3 Å². The van der Waals surface area contributed by atoms with E-state index in [2.05, 4.69) is 21.2 Å². The van der Waals surface area contributed by atoms with E-state index < -0.39 is 0 Å². The molecule has 0 heterocycles. The van der Waals surface area contributed by atoms with Crippen molar-refractivity contribution in [3.63, 3.8) is 0 Å². The van der Waals surface area contributed by atoms with Crippen molar-refractivity contribution in [1.29, 1.82) is 0 Å². The zero-order chi connectivity index (χ0) is 13.2. The van der Waals surface area contributed by atoms with Crippen molar-refractivity contribution in [2.24, 2.45) is 11.1 Å². The molecular weight excluding hydrogens is 328 g/mol. The summed E-state index contributed by atoms with van der Waals surface area (Å²) in [4.78, 5) is 12.4. The lowest BCUT2D eigenvalue weighted by Crippen LogP contribution is -2.40. The van der Waals surface area contributed by atoms with Gasteiger partial charge < -0.3 is 11.1 Å². The van der Waals surface area contributed by atoms with Gasteiger partial charge in [-0.05, 0) is 43.5 Å². The number of carbonyl (C=O) groups is 1. The number of aryl methyl sites for hydroxylation is 1. The molecule has 1 fully saturated rings. The van der Waals surface area contributed by atoms with Gasteiger partial charge in [0.2, 0.25) is 5.91 Å². The Kier molecular flexibility index (Phi) is 5.83. The lowest BCUT2D eigenvalue weighted by atomic mass is 9.85. The monoisotopic (exact) mass is 346 g/mol. The third kappa shape index (κ3) is 3.50. The van der Waals surface area contributed by atoms with Gasteiger partial charge in [0.15, 0.2) is 0 Å². The van der Waals surface area contributed by atoms with Gasteiger partial charge in [-0.25, -0.2) is 0 Å². The molecule has 0 spiro atoms. The molecule has 1 saturated carbocycles. The minimum atomic E-state index is -0.346. The molecule has 0 aromatic heterocycles. The number of halogens is 2. The fraction of sp³-hybridized carbons (Fsp3) is 0.500. The van der Waals surface area contributed by atoms with Gasteiger partial charge in [-0.3, -0.25) is 4.79 Å². The van der Waals surface area contributed by atoms with Gasteiger partial charge in [0.05, 0.1) is 5.41 Å². The predicted molar refractivity (Wildman–Crippen MR) is 84.7 cm³/mol. The minimum Gasteiger partial charge on any atom is -0.329 e. The van der Waals surface area contributed by atoms with Crippen LogP contribution in [0.25, 0.3) is 0 Å². The van der Waals surface area contributed by atoms with E-state index in [-0.39, 0.29) is 23.7 Å². The molecule has 1 aliphatic carbocycles. The van der Waals surface area contributed by atoms with Crippen LogP contribution in [-0.2, 0) is 4.79 Å². The summed E-state index contributed by atoms with van der Waals surface area (Å²) >= 11 is 3.45. The number of hydrogen-bond acceptors (Lipinski definition) is 2. The summed E-state index contributed by atoms with van der Waals surface area (Å²) in [6.07, 6.45) is 4.02. The average molecular weight is 348 g/mol. The van der Waals surface area contributed by atoms with Crippen molar-refractivity contribution in [2.45, 2.75) is 32.6 Å². The topological polar surface area (TPSA) is 55.1 Å². The second kappa shape index (κ2) is 6.73. The van der Waals surface area contributed by atoms with Gasteiger partial charge >= 0.3 is 0 Å². The van der Waals surface area contributed by atoms with Crippen molar-refractivity contribution in [1.82, 2.24) is 0 Å². The third-order valence-electron chi connectivity index (χ3n) is 3.85. The zero-order valence-electron chi connectivity index (χ0n) is 11.0. The molecular formula is C14H20BrClN2O. The summed E-state index contributed by atoms with van der Waals surface area (Å²) in [6, 6.07) is 5.84. The van der Waals surface area contributed by atoms with Gasteiger partial charge in [-0.1, -0.05) is 28.8 Å². The number of anilines is 1. The number of nitrogens with two attached hydrogens (primary N) is 1. The van der Waals surface area contributed by atoms with E-state index in [9.17, 15) is 4.79 Å². The van der Waals surface area contributed by atoms with E-state index in [4.69, 9.17) is 5.73 Å². The number of amides is 1. The summed E-state index contributed by atoms with van der Waals surface area (Å²) in [5.74, 6) is 0.0734. The maximum Gasteiger partial charge on any atom is 0.231 e. The van der Waals surface area contributed by atoms with Crippen molar-refractivity contribution in [3.05, 3.63) is 28.2 Å². The fourth-order valence-corrected chi connectivity index (χ4v) is 2.81. The van der Waals surface area contributed by atoms with Gasteiger partial charge in [-0.2, -0.15) is 0 Å². The van der Waals surface area contributed by atoms with E-state index in [1.807, 2.05) is 25.1 Å². The van der Waals surface area contributed by atoms with E-state index in [1.54, 1.807) is 0 Å². The Morgan fingerprint density at radius 3 is 2.58 bits per heavy atom. The fourth-order valence-electron chi connectivity index (χ4n) is 2.56. The number of rotatable bonds is 3. The standard InChI is InChI=1S/C14H19BrN2O.ClH/c1-10-8-11(4-5-12(10)15)17-13(18)14(9-16)6-2-3-7-14;/h4-5,8H,2-3,6-7,9,16H2,1H3,(H,17,18);1H. The second-order valence-corrected chi connectivity index (χ2v) is 5.96. The summed E-state index contributed by atoms with van der Waals surface area (Å²) in [5.41, 5.74) is 7.42. The average Bonchev–Trinajstić information content (AvgIpc) is 2.84. The van der Waals surface area contributed by atoms with Gasteiger partial charge in [0.1, 0.15) is 0 Å². The Balaban J connectivity index is 0.00000180. The first kappa shape index (κ1) is 16.5. The largest absolute Gasteiger partial charge is 0.329 e. The molecule has 1 aromatic rings. The number of benzene rings is 1. The molecule has 106 valence electrons. The summed E-state index contributed by atoms with van der Waals surface area (Å²) in [7, 11) is 0. The van der Waals surface area contributed by atoms with Crippen molar-refractivity contribution >= 4 is 39.9 Å². The van der Waals surface area contributed by atoms with Gasteiger partial charge in [0, 0.05) is 16.7 Å². The predicted octanol–water partition coefficient (Wildman–Crippen LogP) is 3.64. The van der Waals surface area contributed by atoms with E-state index >= 15 is 0 Å². The quantitative estimate of drug-likeness (QED) is 0.877. The highest BCUT2D eigenvalue weighted by Gasteiger charge is 2.39. The first-order chi connectivity index (χ1) is 8.57. The Bertz CT molecular complexity index is 459. The minimum absolute atomic E-state index is 0. The Hall–Kier alpha value is -0.580. The molecule has 1 aliphatic rings. The van der Waals surface area contributed by atoms with Crippen LogP contribution in [0.4, 0.5) is 5.69 Å². The first-order valence-corrected chi connectivity index (χ1v) is 7.14. The molecule has 5 heteroatoms. The highest BCUT2D eigenvalue weighted by Crippen LogP contribution is 2.38. The second-order valence-electron chi connectivity index (χ2n) is 5.11. The smallest absolute Gasteiger partial charge is 0.231 e. The molecule has 0 bridgehead atoms. The molecule has 0 unspecified atom stereocenters. The maximum absolute atomic E-state index is 12.4. The van der Waals surface area contributed by atoms with Crippen LogP contribution in [-0.4, -0.2) is 12.5 Å². The maximum atomic E-state index is 12.4. The molecule has 1 amide bonds. The van der Waals surface area contributed by atoms with E-state index in [0.29, 0.717) is 6.54 Å². The highest BCUT2D eigenvalue weighted by atomic mass is 79.9. The third-order valence-corrected chi connectivity index (χ3v) is 4.74. The number of carbonyl (C=O) groups excluding carboxylic acids is 1. The molecule has 0 radical (unpaired) electrons. The molecule has 0 aliphatic heterocycles. The van der Waals surface area contributed by atoms with Gasteiger partial charge in [-0.15, -0.1) is 12.4 Å². The van der Waals surface area contributed by atoms with Crippen molar-refractivity contribution in [2.75, 3.05) is 11.9 Å². The molecule has 3 nitrogen and oxygen atoms in total. The van der Waals surface area contributed by atoms with Crippen LogP contribution >= 0.6 is 28.3 Å². The molecule has 3 N–H and O–H groups in total. The van der Waals surface area contributed by atoms with E-state index in [0.717, 1.165) is 41.4 Å². The molecule has 19 heavy (non-hydrogen) atoms. The number of nitrogens with one attached hydrogen (secondary N) is 1. The van der Waals surface area contributed by atoms with Crippen LogP contribution in [0.1, 0.15) is 31.2 Å². The molecule has 1 aromatic carbocycles. The van der Waals surface area contributed by atoms with Crippen LogP contribution in [0.5, 0.6) is 0 Å². The van der Waals surface area contributed by atoms with Crippen LogP contribution in [0.3, 0.4) is 0 Å². The molecule has 0 atom stereocenters. The van der Waals surface area contributed by atoms with Crippen LogP contribution in [0.15, 0.2) is 22.7 Å². The Morgan fingerprint density at radius 1 is 1.42 bits per heavy atom. The Labute approximate surface area is 128 Å². The Morgan fingerprint density at radius 2 is 2.05 bits per heavy atom. The molecule has 0 saturated heterocycles. The van der Waals surface area contributed by atoms with Crippen molar-refractivity contribution in [3.8, 4) is 0 Å². The van der Waals surface area contributed by atoms with Crippen LogP contribution in [0.2, 0.25) is 0 Å². The summed E-state index contributed by atoms with van der Waals surface area (Å²) < 4.78 is 1.05. The lowest BCUT2D eigenvalue weighted by Gasteiger charge is -2.25. The summed E-state index contributed by atoms with van der Waals surface area (Å²) in [5, 5.41) is 3.00. The van der Waals surface area contributed by atoms with Gasteiger partial charge in [0.25, 0.3) is 0 Å². The normalized spacial score (nSPS) is 16.8. The highest BCUT2D eigenvalue weighted by molar-refractivity contribution is 9.10. The SMILES string of the molecule is Cc1cc(NC(=O)C2(CN)CCCC2)ccc1Br.Cl. The number of hydrogen-bond donors (Lipinski definition) is 2. The first-order valence-electron chi connectivity index (χ1n) is 6.35. The van der Waals surface area contributed by atoms with Crippen molar-refractivity contribution < 1.29 is 4.79 Å². The lowest BCUT2D eigenvalue weighted by molar-refractivity contribution is -0.124. The molecule has 2 rings (SSSR count). The van der Waals surface area contributed by atoms with E-state index in [1.165, 1.54) is 0 Å².